The van der Waals surface area contributed by atoms with Crippen LogP contribution in [0.5, 0.6) is 0 Å². The Morgan fingerprint density at radius 1 is 1.28 bits per heavy atom. The lowest BCUT2D eigenvalue weighted by Gasteiger charge is -2.29. The molecule has 0 bridgehead atoms. The summed E-state index contributed by atoms with van der Waals surface area (Å²) >= 11 is 0. The number of hydrogen-bond donors (Lipinski definition) is 3. The van der Waals surface area contributed by atoms with Crippen LogP contribution in [-0.2, 0) is 11.3 Å². The second-order valence-corrected chi connectivity index (χ2v) is 7.22. The maximum atomic E-state index is 13.6. The van der Waals surface area contributed by atoms with Crippen molar-refractivity contribution in [1.29, 1.82) is 0 Å². The largest absolute Gasteiger partial charge is 0.444 e. The molecule has 7 nitrogen and oxygen atoms in total. The van der Waals surface area contributed by atoms with E-state index >= 15 is 0 Å². The summed E-state index contributed by atoms with van der Waals surface area (Å²) in [6.07, 6.45) is 1.04. The topological polar surface area (TPSA) is 87.6 Å². The SMILES string of the molecule is CN=C(NCc1ncccc1F)NCC(C)(C)NC(=O)OC(C)(C)C. The second kappa shape index (κ2) is 8.64. The fourth-order valence-corrected chi connectivity index (χ4v) is 1.87. The molecule has 0 unspecified atom stereocenters. The first-order valence-electron chi connectivity index (χ1n) is 8.07. The Hall–Kier alpha value is -2.38. The number of amides is 1. The first kappa shape index (κ1) is 20.7. The average Bonchev–Trinajstić information content (AvgIpc) is 2.46. The van der Waals surface area contributed by atoms with Gasteiger partial charge in [0.25, 0.3) is 0 Å². The lowest BCUT2D eigenvalue weighted by atomic mass is 10.1. The van der Waals surface area contributed by atoms with Crippen LogP contribution in [0.15, 0.2) is 23.3 Å². The summed E-state index contributed by atoms with van der Waals surface area (Å²) in [7, 11) is 1.61. The van der Waals surface area contributed by atoms with Gasteiger partial charge in [-0.25, -0.2) is 9.18 Å². The van der Waals surface area contributed by atoms with E-state index < -0.39 is 17.2 Å². The lowest BCUT2D eigenvalue weighted by molar-refractivity contribution is 0.0474. The Morgan fingerprint density at radius 3 is 2.52 bits per heavy atom. The van der Waals surface area contributed by atoms with Crippen molar-refractivity contribution in [2.24, 2.45) is 4.99 Å². The molecule has 1 amide bonds. The van der Waals surface area contributed by atoms with E-state index in [4.69, 9.17) is 4.74 Å². The van der Waals surface area contributed by atoms with Crippen molar-refractivity contribution < 1.29 is 13.9 Å². The number of guanidine groups is 1. The van der Waals surface area contributed by atoms with Crippen molar-refractivity contribution in [2.75, 3.05) is 13.6 Å². The molecule has 1 aromatic heterocycles. The van der Waals surface area contributed by atoms with Crippen LogP contribution >= 0.6 is 0 Å². The van der Waals surface area contributed by atoms with Crippen LogP contribution < -0.4 is 16.0 Å². The average molecular weight is 353 g/mol. The van der Waals surface area contributed by atoms with E-state index in [1.165, 1.54) is 18.3 Å². The van der Waals surface area contributed by atoms with Gasteiger partial charge in [0.1, 0.15) is 11.4 Å². The molecule has 1 rings (SSSR count). The first-order chi connectivity index (χ1) is 11.5. The summed E-state index contributed by atoms with van der Waals surface area (Å²) in [5, 5.41) is 8.87. The number of hydrogen-bond acceptors (Lipinski definition) is 4. The molecule has 3 N–H and O–H groups in total. The highest BCUT2D eigenvalue weighted by atomic mass is 19.1. The number of rotatable bonds is 5. The number of halogens is 1. The zero-order valence-corrected chi connectivity index (χ0v) is 15.7. The Kier molecular flexibility index (Phi) is 7.14. The van der Waals surface area contributed by atoms with Gasteiger partial charge in [-0.3, -0.25) is 9.98 Å². The smallest absolute Gasteiger partial charge is 0.408 e. The van der Waals surface area contributed by atoms with Crippen LogP contribution in [0.2, 0.25) is 0 Å². The summed E-state index contributed by atoms with van der Waals surface area (Å²) in [6, 6.07) is 2.89. The van der Waals surface area contributed by atoms with Gasteiger partial charge in [0.05, 0.1) is 17.8 Å². The number of ether oxygens (including phenoxy) is 1. The van der Waals surface area contributed by atoms with Gasteiger partial charge >= 0.3 is 6.09 Å². The van der Waals surface area contributed by atoms with Gasteiger partial charge in [0.15, 0.2) is 5.96 Å². The molecule has 0 saturated heterocycles. The molecule has 1 aromatic rings. The van der Waals surface area contributed by atoms with E-state index in [-0.39, 0.29) is 12.4 Å². The molecule has 0 atom stereocenters. The van der Waals surface area contributed by atoms with Crippen molar-refractivity contribution in [1.82, 2.24) is 20.9 Å². The summed E-state index contributed by atoms with van der Waals surface area (Å²) in [4.78, 5) is 19.9. The Balaban J connectivity index is 2.50. The Bertz CT molecular complexity index is 611. The number of alkyl carbamates (subject to hydrolysis) is 1. The minimum absolute atomic E-state index is 0.201. The number of aliphatic imine (C=N–C) groups is 1. The summed E-state index contributed by atoms with van der Waals surface area (Å²) in [6.45, 7) is 9.73. The molecule has 0 radical (unpaired) electrons. The van der Waals surface area contributed by atoms with Crippen molar-refractivity contribution in [3.63, 3.8) is 0 Å². The van der Waals surface area contributed by atoms with E-state index in [2.05, 4.69) is 25.9 Å². The Labute approximate surface area is 148 Å². The number of carbonyl (C=O) groups is 1. The van der Waals surface area contributed by atoms with E-state index in [0.717, 1.165) is 0 Å². The van der Waals surface area contributed by atoms with Crippen LogP contribution in [-0.4, -0.2) is 41.8 Å². The first-order valence-corrected chi connectivity index (χ1v) is 8.07. The molecule has 8 heteroatoms. The fraction of sp³-hybridized carbons (Fsp3) is 0.588. The molecule has 0 aliphatic rings. The number of aromatic nitrogens is 1. The number of nitrogens with zero attached hydrogens (tertiary/aromatic N) is 2. The molecule has 0 aromatic carbocycles. The quantitative estimate of drug-likeness (QED) is 0.558. The van der Waals surface area contributed by atoms with Crippen LogP contribution in [0.25, 0.3) is 0 Å². The minimum Gasteiger partial charge on any atom is -0.444 e. The second-order valence-electron chi connectivity index (χ2n) is 7.22. The highest BCUT2D eigenvalue weighted by Gasteiger charge is 2.24. The zero-order valence-electron chi connectivity index (χ0n) is 15.7. The van der Waals surface area contributed by atoms with Crippen LogP contribution in [0.1, 0.15) is 40.3 Å². The molecule has 1 heterocycles. The summed E-state index contributed by atoms with van der Waals surface area (Å²) in [5.41, 5.74) is -0.828. The number of nitrogens with one attached hydrogen (secondary N) is 3. The van der Waals surface area contributed by atoms with E-state index in [0.29, 0.717) is 18.2 Å². The summed E-state index contributed by atoms with van der Waals surface area (Å²) in [5.74, 6) is 0.0986. The normalized spacial score (nSPS) is 12.5. The van der Waals surface area contributed by atoms with Crippen LogP contribution in [0.3, 0.4) is 0 Å². The van der Waals surface area contributed by atoms with E-state index in [9.17, 15) is 9.18 Å². The molecule has 0 fully saturated rings. The third-order valence-electron chi connectivity index (χ3n) is 3.02. The predicted molar refractivity (Wildman–Crippen MR) is 95.8 cm³/mol. The maximum absolute atomic E-state index is 13.6. The summed E-state index contributed by atoms with van der Waals surface area (Å²) < 4.78 is 18.8. The molecular weight excluding hydrogens is 325 g/mol. The monoisotopic (exact) mass is 353 g/mol. The van der Waals surface area contributed by atoms with Gasteiger partial charge in [-0.1, -0.05) is 0 Å². The molecule has 140 valence electrons. The van der Waals surface area contributed by atoms with Crippen LogP contribution in [0.4, 0.5) is 9.18 Å². The van der Waals surface area contributed by atoms with Gasteiger partial charge in [0.2, 0.25) is 0 Å². The molecule has 0 spiro atoms. The van der Waals surface area contributed by atoms with E-state index in [1.54, 1.807) is 27.8 Å². The van der Waals surface area contributed by atoms with Gasteiger partial charge in [-0.2, -0.15) is 0 Å². The number of pyridine rings is 1. The van der Waals surface area contributed by atoms with Gasteiger partial charge in [-0.15, -0.1) is 0 Å². The fourth-order valence-electron chi connectivity index (χ4n) is 1.87. The van der Waals surface area contributed by atoms with E-state index in [1.807, 2.05) is 13.8 Å². The Morgan fingerprint density at radius 2 is 1.96 bits per heavy atom. The van der Waals surface area contributed by atoms with Crippen molar-refractivity contribution in [3.8, 4) is 0 Å². The maximum Gasteiger partial charge on any atom is 0.408 e. The highest BCUT2D eigenvalue weighted by molar-refractivity contribution is 5.79. The molecule has 0 aliphatic carbocycles. The highest BCUT2D eigenvalue weighted by Crippen LogP contribution is 2.09. The molecule has 0 saturated carbocycles. The molecular formula is C17H28FN5O2. The molecule has 25 heavy (non-hydrogen) atoms. The predicted octanol–water partition coefficient (Wildman–Crippen LogP) is 2.19. The molecule has 0 aliphatic heterocycles. The lowest BCUT2D eigenvalue weighted by Crippen LogP contribution is -2.54. The number of carbonyl (C=O) groups excluding carboxylic acids is 1. The van der Waals surface area contributed by atoms with Gasteiger partial charge in [-0.05, 0) is 46.8 Å². The van der Waals surface area contributed by atoms with Gasteiger partial charge < -0.3 is 20.7 Å². The third-order valence-corrected chi connectivity index (χ3v) is 3.02. The van der Waals surface area contributed by atoms with Crippen LogP contribution in [0, 0.1) is 5.82 Å². The zero-order chi connectivity index (χ0) is 19.1. The third kappa shape index (κ3) is 8.32. The van der Waals surface area contributed by atoms with Crippen molar-refractivity contribution in [2.45, 2.75) is 52.3 Å². The van der Waals surface area contributed by atoms with Crippen molar-refractivity contribution >= 4 is 12.1 Å². The minimum atomic E-state index is -0.573. The standard InChI is InChI=1S/C17H28FN5O2/c1-16(2,3)25-15(24)23-17(4,5)11-22-14(19-6)21-10-13-12(18)8-7-9-20-13/h7-9H,10-11H2,1-6H3,(H,23,24)(H2,19,21,22). The van der Waals surface area contributed by atoms with Gasteiger partial charge in [0, 0.05) is 19.8 Å². The van der Waals surface area contributed by atoms with Crippen molar-refractivity contribution in [3.05, 3.63) is 29.8 Å².